The first-order chi connectivity index (χ1) is 13.8. The van der Waals surface area contributed by atoms with Crippen LogP contribution in [-0.4, -0.2) is 40.7 Å². The summed E-state index contributed by atoms with van der Waals surface area (Å²) in [5, 5.41) is 7.19. The van der Waals surface area contributed by atoms with Crippen LogP contribution in [-0.2, 0) is 16.3 Å². The molecule has 0 radical (unpaired) electrons. The van der Waals surface area contributed by atoms with Crippen LogP contribution in [0.25, 0.3) is 0 Å². The normalized spacial score (nSPS) is 24.4. The molecule has 5 rings (SSSR count). The molecule has 2 bridgehead atoms. The molecular formula is C20H21ClFN3O4. The Kier molecular flexibility index (Phi) is 5.08. The van der Waals surface area contributed by atoms with Gasteiger partial charge in [-0.3, -0.25) is 9.59 Å². The second-order valence-electron chi connectivity index (χ2n) is 7.98. The molecule has 3 aliphatic rings. The lowest BCUT2D eigenvalue weighted by atomic mass is 9.38. The van der Waals surface area contributed by atoms with Crippen LogP contribution >= 0.6 is 11.6 Å². The molecular weight excluding hydrogens is 401 g/mol. The predicted molar refractivity (Wildman–Crippen MR) is 102 cm³/mol. The number of ketones is 1. The van der Waals surface area contributed by atoms with E-state index in [-0.39, 0.29) is 40.0 Å². The topological polar surface area (TPSA) is 82.5 Å². The summed E-state index contributed by atoms with van der Waals surface area (Å²) in [6.07, 6.45) is 4.45. The highest BCUT2D eigenvalue weighted by atomic mass is 35.5. The molecule has 2 aromatic rings. The van der Waals surface area contributed by atoms with E-state index in [9.17, 15) is 14.0 Å². The second-order valence-corrected chi connectivity index (χ2v) is 8.39. The van der Waals surface area contributed by atoms with Crippen LogP contribution in [0.5, 0.6) is 5.75 Å². The van der Waals surface area contributed by atoms with Gasteiger partial charge in [-0.15, -0.1) is 0 Å². The van der Waals surface area contributed by atoms with E-state index < -0.39 is 5.82 Å². The number of aromatic nitrogens is 2. The van der Waals surface area contributed by atoms with Crippen molar-refractivity contribution in [2.45, 2.75) is 38.0 Å². The largest absolute Gasteiger partial charge is 0.484 e. The minimum atomic E-state index is -0.595. The lowest BCUT2D eigenvalue weighted by Gasteiger charge is -2.70. The van der Waals surface area contributed by atoms with Crippen LogP contribution in [0.3, 0.4) is 0 Å². The standard InChI is InChI=1S/C20H21ClFN3O4/c1-28-12-25-5-4-16(24-25)17(26)7-19-9-20(10-19,11-19)23-18(27)8-29-13-2-3-14(21)15(22)6-13/h2-6H,7-12H2,1H3,(H,23,27). The molecule has 9 heteroatoms. The summed E-state index contributed by atoms with van der Waals surface area (Å²) < 4.78 is 25.3. The van der Waals surface area contributed by atoms with Crippen molar-refractivity contribution >= 4 is 23.3 Å². The molecule has 1 N–H and O–H groups in total. The van der Waals surface area contributed by atoms with E-state index in [1.165, 1.54) is 12.1 Å². The Bertz CT molecular complexity index is 941. The number of carbonyl (C=O) groups excluding carboxylic acids is 2. The van der Waals surface area contributed by atoms with Crippen molar-refractivity contribution in [2.75, 3.05) is 13.7 Å². The molecule has 3 fully saturated rings. The monoisotopic (exact) mass is 421 g/mol. The maximum atomic E-state index is 13.4. The number of nitrogens with zero attached hydrogens (tertiary/aromatic N) is 2. The maximum Gasteiger partial charge on any atom is 0.258 e. The molecule has 3 saturated carbocycles. The molecule has 0 atom stereocenters. The van der Waals surface area contributed by atoms with Crippen molar-refractivity contribution in [3.05, 3.63) is 47.0 Å². The Morgan fingerprint density at radius 2 is 2.07 bits per heavy atom. The van der Waals surface area contributed by atoms with E-state index in [2.05, 4.69) is 10.4 Å². The van der Waals surface area contributed by atoms with Crippen LogP contribution in [0, 0.1) is 11.2 Å². The minimum absolute atomic E-state index is 0.000904. The van der Waals surface area contributed by atoms with Gasteiger partial charge in [0.1, 0.15) is 24.0 Å². The van der Waals surface area contributed by atoms with Crippen LogP contribution in [0.2, 0.25) is 5.02 Å². The second kappa shape index (κ2) is 7.42. The third-order valence-electron chi connectivity index (χ3n) is 5.53. The first kappa shape index (κ1) is 19.8. The molecule has 154 valence electrons. The third kappa shape index (κ3) is 4.00. The molecule has 0 unspecified atom stereocenters. The maximum absolute atomic E-state index is 13.4. The van der Waals surface area contributed by atoms with E-state index in [0.717, 1.165) is 25.3 Å². The Morgan fingerprint density at radius 3 is 2.76 bits per heavy atom. The summed E-state index contributed by atoms with van der Waals surface area (Å²) in [5.41, 5.74) is 0.144. The first-order valence-corrected chi connectivity index (χ1v) is 9.64. The zero-order chi connectivity index (χ0) is 20.6. The fourth-order valence-electron chi connectivity index (χ4n) is 4.51. The van der Waals surface area contributed by atoms with Crippen molar-refractivity contribution in [3.8, 4) is 5.75 Å². The molecule has 0 saturated heterocycles. The Balaban J connectivity index is 1.22. The summed E-state index contributed by atoms with van der Waals surface area (Å²) >= 11 is 5.62. The van der Waals surface area contributed by atoms with Gasteiger partial charge in [0.2, 0.25) is 0 Å². The van der Waals surface area contributed by atoms with E-state index in [1.54, 1.807) is 24.1 Å². The van der Waals surface area contributed by atoms with Gasteiger partial charge in [0, 0.05) is 31.3 Å². The summed E-state index contributed by atoms with van der Waals surface area (Å²) in [4.78, 5) is 24.6. The van der Waals surface area contributed by atoms with Gasteiger partial charge >= 0.3 is 0 Å². The molecule has 1 aromatic carbocycles. The van der Waals surface area contributed by atoms with Crippen molar-refractivity contribution in [3.63, 3.8) is 0 Å². The van der Waals surface area contributed by atoms with Gasteiger partial charge in [0.15, 0.2) is 12.4 Å². The summed E-state index contributed by atoms with van der Waals surface area (Å²) in [6, 6.07) is 5.73. The molecule has 1 aromatic heterocycles. The van der Waals surface area contributed by atoms with Crippen molar-refractivity contribution in [1.82, 2.24) is 15.1 Å². The van der Waals surface area contributed by atoms with Gasteiger partial charge in [-0.2, -0.15) is 5.10 Å². The average molecular weight is 422 g/mol. The summed E-state index contributed by atoms with van der Waals surface area (Å²) in [6.45, 7) is 0.101. The van der Waals surface area contributed by atoms with Crippen LogP contribution in [0.4, 0.5) is 4.39 Å². The average Bonchev–Trinajstić information content (AvgIpc) is 3.09. The van der Waals surface area contributed by atoms with Gasteiger partial charge in [0.25, 0.3) is 5.91 Å². The molecule has 0 spiro atoms. The number of rotatable bonds is 9. The third-order valence-corrected chi connectivity index (χ3v) is 5.84. The van der Waals surface area contributed by atoms with Crippen LogP contribution < -0.4 is 10.1 Å². The molecule has 1 amide bonds. The molecule has 29 heavy (non-hydrogen) atoms. The van der Waals surface area contributed by atoms with E-state index in [0.29, 0.717) is 18.8 Å². The van der Waals surface area contributed by atoms with Gasteiger partial charge in [-0.25, -0.2) is 9.07 Å². The quantitative estimate of drug-likeness (QED) is 0.629. The number of methoxy groups -OCH3 is 1. The summed E-state index contributed by atoms with van der Waals surface area (Å²) in [7, 11) is 1.57. The minimum Gasteiger partial charge on any atom is -0.484 e. The van der Waals surface area contributed by atoms with Crippen molar-refractivity contribution < 1.29 is 23.5 Å². The fraction of sp³-hybridized carbons (Fsp3) is 0.450. The number of Topliss-reactive ketones (excluding diaryl/α,β-unsaturated/α-hetero) is 1. The van der Waals surface area contributed by atoms with Crippen molar-refractivity contribution in [2.24, 2.45) is 5.41 Å². The molecule has 1 heterocycles. The number of ether oxygens (including phenoxy) is 2. The number of benzene rings is 1. The molecule has 7 nitrogen and oxygen atoms in total. The van der Waals surface area contributed by atoms with Gasteiger partial charge < -0.3 is 14.8 Å². The molecule has 0 aliphatic heterocycles. The van der Waals surface area contributed by atoms with E-state index >= 15 is 0 Å². The highest BCUT2D eigenvalue weighted by Gasteiger charge is 2.68. The van der Waals surface area contributed by atoms with E-state index in [4.69, 9.17) is 21.1 Å². The number of hydrogen-bond acceptors (Lipinski definition) is 5. The number of nitrogens with one attached hydrogen (secondary N) is 1. The van der Waals surface area contributed by atoms with Crippen molar-refractivity contribution in [1.29, 1.82) is 0 Å². The zero-order valence-corrected chi connectivity index (χ0v) is 16.7. The Morgan fingerprint density at radius 1 is 1.31 bits per heavy atom. The lowest BCUT2D eigenvalue weighted by Crippen LogP contribution is -2.75. The van der Waals surface area contributed by atoms with Gasteiger partial charge in [0.05, 0.1) is 5.02 Å². The Labute approximate surface area is 172 Å². The zero-order valence-electron chi connectivity index (χ0n) is 15.9. The van der Waals surface area contributed by atoms with Crippen LogP contribution in [0.1, 0.15) is 36.2 Å². The van der Waals surface area contributed by atoms with Gasteiger partial charge in [-0.05, 0) is 42.9 Å². The number of amides is 1. The molecule has 3 aliphatic carbocycles. The van der Waals surface area contributed by atoms with E-state index in [1.807, 2.05) is 0 Å². The van der Waals surface area contributed by atoms with Gasteiger partial charge in [-0.1, -0.05) is 11.6 Å². The smallest absolute Gasteiger partial charge is 0.258 e. The summed E-state index contributed by atoms with van der Waals surface area (Å²) in [5.74, 6) is -0.608. The first-order valence-electron chi connectivity index (χ1n) is 9.27. The fourth-order valence-corrected chi connectivity index (χ4v) is 4.63. The number of carbonyl (C=O) groups is 2. The predicted octanol–water partition coefficient (Wildman–Crippen LogP) is 2.97. The lowest BCUT2D eigenvalue weighted by molar-refractivity contribution is -0.164. The number of halogens is 2. The van der Waals surface area contributed by atoms with Crippen LogP contribution in [0.15, 0.2) is 30.5 Å². The highest BCUT2D eigenvalue weighted by molar-refractivity contribution is 6.30. The highest BCUT2D eigenvalue weighted by Crippen LogP contribution is 2.69. The SMILES string of the molecule is COCn1ccc(C(=O)CC23CC(NC(=O)COc4ccc(Cl)c(F)c4)(C2)C3)n1. The Hall–Kier alpha value is -2.45. The number of hydrogen-bond donors (Lipinski definition) is 1.